The Morgan fingerprint density at radius 2 is 1.89 bits per heavy atom. The molecule has 3 rings (SSSR count). The van der Waals surface area contributed by atoms with Crippen molar-refractivity contribution in [2.45, 2.75) is 6.42 Å². The molecule has 0 spiro atoms. The Hall–Kier alpha value is -2.69. The van der Waals surface area contributed by atoms with Gasteiger partial charge in [0.25, 0.3) is 0 Å². The molecule has 1 aromatic carbocycles. The smallest absolute Gasteiger partial charge is 0.222 e. The number of nitrogen functional groups attached to an aromatic ring is 2. The first-order chi connectivity index (χ1) is 9.24. The Kier molecular flexibility index (Phi) is 2.72. The molecule has 0 radical (unpaired) electrons. The van der Waals surface area contributed by atoms with Crippen LogP contribution in [0.1, 0.15) is 11.1 Å². The molecule has 0 saturated carbocycles. The summed E-state index contributed by atoms with van der Waals surface area (Å²) in [6.07, 6.45) is 4.33. The molecule has 94 valence electrons. The molecular weight excluding hydrogens is 238 g/mol. The maximum atomic E-state index is 5.96. The van der Waals surface area contributed by atoms with Gasteiger partial charge in [0.2, 0.25) is 5.95 Å². The van der Waals surface area contributed by atoms with E-state index in [1.54, 1.807) is 6.20 Å². The number of pyridine rings is 1. The molecule has 0 aliphatic carbocycles. The van der Waals surface area contributed by atoms with Crippen molar-refractivity contribution in [1.82, 2.24) is 15.0 Å². The first-order valence-electron chi connectivity index (χ1n) is 5.93. The Morgan fingerprint density at radius 3 is 2.68 bits per heavy atom. The lowest BCUT2D eigenvalue weighted by Gasteiger charge is -2.08. The van der Waals surface area contributed by atoms with Gasteiger partial charge in [0.15, 0.2) is 0 Å². The topological polar surface area (TPSA) is 90.7 Å². The average molecular weight is 251 g/mol. The standard InChI is InChI=1S/C14H13N5/c15-13-12-10(7-9-3-2-6-17-8-9)4-1-5-11(12)18-14(16)19-13/h1-6,8H,7H2,(H4,15,16,18,19). The molecule has 5 nitrogen and oxygen atoms in total. The maximum absolute atomic E-state index is 5.96. The number of hydrogen-bond donors (Lipinski definition) is 2. The van der Waals surface area contributed by atoms with Crippen molar-refractivity contribution >= 4 is 22.7 Å². The van der Waals surface area contributed by atoms with Crippen LogP contribution in [-0.2, 0) is 6.42 Å². The molecule has 0 fully saturated rings. The number of benzene rings is 1. The Labute approximate surface area is 110 Å². The van der Waals surface area contributed by atoms with E-state index in [9.17, 15) is 0 Å². The van der Waals surface area contributed by atoms with Crippen LogP contribution >= 0.6 is 0 Å². The molecule has 0 aliphatic rings. The number of nitrogens with two attached hydrogens (primary N) is 2. The van der Waals surface area contributed by atoms with Crippen LogP contribution in [0.2, 0.25) is 0 Å². The molecule has 0 atom stereocenters. The van der Waals surface area contributed by atoms with Gasteiger partial charge in [-0.1, -0.05) is 18.2 Å². The molecule has 2 aromatic heterocycles. The van der Waals surface area contributed by atoms with Crippen LogP contribution in [0.5, 0.6) is 0 Å². The van der Waals surface area contributed by atoms with Crippen molar-refractivity contribution in [1.29, 1.82) is 0 Å². The molecule has 0 saturated heterocycles. The van der Waals surface area contributed by atoms with Crippen molar-refractivity contribution in [3.05, 3.63) is 53.9 Å². The van der Waals surface area contributed by atoms with Gasteiger partial charge in [0.05, 0.1) is 5.52 Å². The van der Waals surface area contributed by atoms with Gasteiger partial charge >= 0.3 is 0 Å². The van der Waals surface area contributed by atoms with Gasteiger partial charge in [-0.25, -0.2) is 4.98 Å². The molecule has 0 aliphatic heterocycles. The van der Waals surface area contributed by atoms with Crippen molar-refractivity contribution in [2.24, 2.45) is 0 Å². The van der Waals surface area contributed by atoms with E-state index in [2.05, 4.69) is 15.0 Å². The summed E-state index contributed by atoms with van der Waals surface area (Å²) >= 11 is 0. The van der Waals surface area contributed by atoms with E-state index >= 15 is 0 Å². The van der Waals surface area contributed by atoms with Crippen LogP contribution < -0.4 is 11.5 Å². The van der Waals surface area contributed by atoms with Gasteiger partial charge in [-0.3, -0.25) is 4.98 Å². The number of rotatable bonds is 2. The number of aromatic nitrogens is 3. The largest absolute Gasteiger partial charge is 0.383 e. The Bertz CT molecular complexity index is 724. The summed E-state index contributed by atoms with van der Waals surface area (Å²) in [5, 5.41) is 0.862. The summed E-state index contributed by atoms with van der Waals surface area (Å²) < 4.78 is 0. The first-order valence-corrected chi connectivity index (χ1v) is 5.93. The summed E-state index contributed by atoms with van der Waals surface area (Å²) in [5.74, 6) is 0.616. The van der Waals surface area contributed by atoms with Crippen LogP contribution in [0.3, 0.4) is 0 Å². The van der Waals surface area contributed by atoms with Crippen molar-refractivity contribution in [3.63, 3.8) is 0 Å². The molecular formula is C14H13N5. The third-order valence-electron chi connectivity index (χ3n) is 2.97. The quantitative estimate of drug-likeness (QED) is 0.724. The van der Waals surface area contributed by atoms with E-state index in [1.165, 1.54) is 0 Å². The van der Waals surface area contributed by atoms with E-state index in [4.69, 9.17) is 11.5 Å². The predicted molar refractivity (Wildman–Crippen MR) is 75.4 cm³/mol. The fourth-order valence-corrected chi connectivity index (χ4v) is 2.17. The molecule has 4 N–H and O–H groups in total. The van der Waals surface area contributed by atoms with Crippen LogP contribution in [0.4, 0.5) is 11.8 Å². The Morgan fingerprint density at radius 1 is 1.00 bits per heavy atom. The second kappa shape index (κ2) is 4.53. The third kappa shape index (κ3) is 2.18. The van der Waals surface area contributed by atoms with Crippen LogP contribution in [-0.4, -0.2) is 15.0 Å². The summed E-state index contributed by atoms with van der Waals surface area (Å²) in [4.78, 5) is 12.4. The number of hydrogen-bond acceptors (Lipinski definition) is 5. The van der Waals surface area contributed by atoms with Crippen molar-refractivity contribution in [3.8, 4) is 0 Å². The monoisotopic (exact) mass is 251 g/mol. The SMILES string of the molecule is Nc1nc(N)c2c(Cc3cccnc3)cccc2n1. The molecule has 3 aromatic rings. The number of nitrogens with zero attached hydrogens (tertiary/aromatic N) is 3. The lowest BCUT2D eigenvalue weighted by molar-refractivity contribution is 1.15. The summed E-state index contributed by atoms with van der Waals surface area (Å²) in [5.41, 5.74) is 14.5. The highest BCUT2D eigenvalue weighted by molar-refractivity contribution is 5.92. The molecule has 19 heavy (non-hydrogen) atoms. The fourth-order valence-electron chi connectivity index (χ4n) is 2.17. The van der Waals surface area contributed by atoms with Gasteiger partial charge in [0, 0.05) is 17.8 Å². The van der Waals surface area contributed by atoms with Gasteiger partial charge in [-0.2, -0.15) is 4.98 Å². The molecule has 5 heteroatoms. The van der Waals surface area contributed by atoms with E-state index in [0.717, 1.165) is 28.5 Å². The normalized spacial score (nSPS) is 10.7. The minimum absolute atomic E-state index is 0.198. The summed E-state index contributed by atoms with van der Waals surface area (Å²) in [7, 11) is 0. The lowest BCUT2D eigenvalue weighted by atomic mass is 10.0. The molecule has 0 amide bonds. The van der Waals surface area contributed by atoms with Gasteiger partial charge in [0.1, 0.15) is 5.82 Å². The van der Waals surface area contributed by atoms with Crippen molar-refractivity contribution in [2.75, 3.05) is 11.5 Å². The van der Waals surface area contributed by atoms with Gasteiger partial charge in [-0.05, 0) is 29.7 Å². The minimum atomic E-state index is 0.198. The maximum Gasteiger partial charge on any atom is 0.222 e. The summed E-state index contributed by atoms with van der Waals surface area (Å²) in [6.45, 7) is 0. The zero-order chi connectivity index (χ0) is 13.2. The van der Waals surface area contributed by atoms with Gasteiger partial charge in [-0.15, -0.1) is 0 Å². The van der Waals surface area contributed by atoms with Crippen LogP contribution in [0.15, 0.2) is 42.7 Å². The van der Waals surface area contributed by atoms with Crippen LogP contribution in [0, 0.1) is 0 Å². The number of anilines is 2. The zero-order valence-corrected chi connectivity index (χ0v) is 10.2. The highest BCUT2D eigenvalue weighted by Crippen LogP contribution is 2.24. The predicted octanol–water partition coefficient (Wildman–Crippen LogP) is 1.78. The molecule has 0 unspecified atom stereocenters. The van der Waals surface area contributed by atoms with Gasteiger partial charge < -0.3 is 11.5 Å². The lowest BCUT2D eigenvalue weighted by Crippen LogP contribution is -2.02. The van der Waals surface area contributed by atoms with E-state index < -0.39 is 0 Å². The number of fused-ring (bicyclic) bond motifs is 1. The highest BCUT2D eigenvalue weighted by atomic mass is 15.0. The van der Waals surface area contributed by atoms with E-state index in [0.29, 0.717) is 5.82 Å². The summed E-state index contributed by atoms with van der Waals surface area (Å²) in [6, 6.07) is 9.79. The first kappa shape index (κ1) is 11.4. The average Bonchev–Trinajstić information content (AvgIpc) is 2.39. The molecule has 2 heterocycles. The Balaban J connectivity index is 2.14. The highest BCUT2D eigenvalue weighted by Gasteiger charge is 2.08. The second-order valence-electron chi connectivity index (χ2n) is 4.32. The second-order valence-corrected chi connectivity index (χ2v) is 4.32. The molecule has 0 bridgehead atoms. The van der Waals surface area contributed by atoms with E-state index in [1.807, 2.05) is 36.5 Å². The fraction of sp³-hybridized carbons (Fsp3) is 0.0714. The minimum Gasteiger partial charge on any atom is -0.383 e. The zero-order valence-electron chi connectivity index (χ0n) is 10.2. The third-order valence-corrected chi connectivity index (χ3v) is 2.97. The van der Waals surface area contributed by atoms with Crippen molar-refractivity contribution < 1.29 is 0 Å². The van der Waals surface area contributed by atoms with Crippen LogP contribution in [0.25, 0.3) is 10.9 Å². The van der Waals surface area contributed by atoms with E-state index in [-0.39, 0.29) is 5.95 Å².